The fourth-order valence-electron chi connectivity index (χ4n) is 3.83. The maximum atomic E-state index is 12.6. The predicted molar refractivity (Wildman–Crippen MR) is 115 cm³/mol. The van der Waals surface area contributed by atoms with Crippen LogP contribution in [0.4, 0.5) is 0 Å². The van der Waals surface area contributed by atoms with E-state index in [0.29, 0.717) is 18.2 Å². The van der Waals surface area contributed by atoms with E-state index in [0.717, 1.165) is 54.3 Å². The Morgan fingerprint density at radius 1 is 1.18 bits per heavy atom. The van der Waals surface area contributed by atoms with Crippen molar-refractivity contribution in [2.24, 2.45) is 5.92 Å². The standard InChI is InChI=1S/C22H25BrN4O/c23-18-6-7-20-19(14-18)21(26-25-20)22(28)24-15-17-9-12-27(13-10-17)11-8-16-4-2-1-3-5-16/h1-7,14,17H,8-13,15H2,(H,24,28)(H,25,26). The van der Waals surface area contributed by atoms with Gasteiger partial charge in [0.25, 0.3) is 5.91 Å². The number of H-pyrrole nitrogens is 1. The van der Waals surface area contributed by atoms with Gasteiger partial charge in [0, 0.05) is 22.9 Å². The lowest BCUT2D eigenvalue weighted by atomic mass is 9.96. The van der Waals surface area contributed by atoms with Gasteiger partial charge in [-0.05, 0) is 62.0 Å². The van der Waals surface area contributed by atoms with Crippen LogP contribution in [0.1, 0.15) is 28.9 Å². The predicted octanol–water partition coefficient (Wildman–Crippen LogP) is 4.01. The molecule has 1 fully saturated rings. The number of fused-ring (bicyclic) bond motifs is 1. The minimum Gasteiger partial charge on any atom is -0.350 e. The lowest BCUT2D eigenvalue weighted by Gasteiger charge is -2.32. The topological polar surface area (TPSA) is 61.0 Å². The number of aromatic nitrogens is 2. The molecule has 28 heavy (non-hydrogen) atoms. The maximum absolute atomic E-state index is 12.6. The molecule has 5 nitrogen and oxygen atoms in total. The summed E-state index contributed by atoms with van der Waals surface area (Å²) < 4.78 is 0.943. The van der Waals surface area contributed by atoms with Gasteiger partial charge >= 0.3 is 0 Å². The quantitative estimate of drug-likeness (QED) is 0.608. The van der Waals surface area contributed by atoms with Crippen molar-refractivity contribution in [1.29, 1.82) is 0 Å². The average Bonchev–Trinajstić information content (AvgIpc) is 3.15. The van der Waals surface area contributed by atoms with E-state index in [2.05, 4.69) is 66.7 Å². The number of likely N-dealkylation sites (tertiary alicyclic amines) is 1. The van der Waals surface area contributed by atoms with E-state index in [1.165, 1.54) is 5.56 Å². The van der Waals surface area contributed by atoms with Crippen LogP contribution in [0.3, 0.4) is 0 Å². The summed E-state index contributed by atoms with van der Waals surface area (Å²) >= 11 is 3.46. The summed E-state index contributed by atoms with van der Waals surface area (Å²) in [6.07, 6.45) is 3.36. The summed E-state index contributed by atoms with van der Waals surface area (Å²) in [6, 6.07) is 16.4. The second-order valence-electron chi connectivity index (χ2n) is 7.49. The molecule has 4 rings (SSSR count). The van der Waals surface area contributed by atoms with Gasteiger partial charge in [0.1, 0.15) is 0 Å². The number of halogens is 1. The number of piperidine rings is 1. The zero-order chi connectivity index (χ0) is 19.3. The number of benzene rings is 2. The number of rotatable bonds is 6. The van der Waals surface area contributed by atoms with Gasteiger partial charge in [0.05, 0.1) is 5.52 Å². The fraction of sp³-hybridized carbons (Fsp3) is 0.364. The summed E-state index contributed by atoms with van der Waals surface area (Å²) in [6.45, 7) is 4.03. The molecule has 2 aromatic carbocycles. The lowest BCUT2D eigenvalue weighted by molar-refractivity contribution is 0.0933. The third-order valence-corrected chi connectivity index (χ3v) is 6.05. The van der Waals surface area contributed by atoms with Crippen molar-refractivity contribution < 1.29 is 4.79 Å². The highest BCUT2D eigenvalue weighted by Gasteiger charge is 2.21. The number of hydrogen-bond acceptors (Lipinski definition) is 3. The highest BCUT2D eigenvalue weighted by atomic mass is 79.9. The van der Waals surface area contributed by atoms with Crippen LogP contribution in [0.15, 0.2) is 53.0 Å². The number of nitrogens with one attached hydrogen (secondary N) is 2. The molecule has 3 aromatic rings. The van der Waals surface area contributed by atoms with Crippen molar-refractivity contribution in [3.05, 3.63) is 64.3 Å². The van der Waals surface area contributed by atoms with E-state index in [4.69, 9.17) is 0 Å². The number of hydrogen-bond donors (Lipinski definition) is 2. The van der Waals surface area contributed by atoms with Gasteiger partial charge in [0.2, 0.25) is 0 Å². The Kier molecular flexibility index (Phi) is 6.07. The summed E-state index contributed by atoms with van der Waals surface area (Å²) in [7, 11) is 0. The van der Waals surface area contributed by atoms with Gasteiger partial charge in [-0.15, -0.1) is 0 Å². The van der Waals surface area contributed by atoms with Crippen LogP contribution in [0, 0.1) is 5.92 Å². The first kappa shape index (κ1) is 19.2. The number of nitrogens with zero attached hydrogens (tertiary/aromatic N) is 2. The maximum Gasteiger partial charge on any atom is 0.272 e. The molecule has 0 bridgehead atoms. The molecule has 1 aliphatic heterocycles. The normalized spacial score (nSPS) is 15.8. The second-order valence-corrected chi connectivity index (χ2v) is 8.41. The molecule has 146 valence electrons. The van der Waals surface area contributed by atoms with Gasteiger partial charge in [-0.1, -0.05) is 46.3 Å². The Labute approximate surface area is 173 Å². The molecule has 1 aliphatic rings. The minimum atomic E-state index is -0.101. The summed E-state index contributed by atoms with van der Waals surface area (Å²) in [4.78, 5) is 15.1. The molecule has 0 radical (unpaired) electrons. The Balaban J connectivity index is 1.24. The first-order chi connectivity index (χ1) is 13.7. The smallest absolute Gasteiger partial charge is 0.272 e. The molecule has 1 aromatic heterocycles. The molecule has 1 saturated heterocycles. The number of carbonyl (C=O) groups is 1. The molecule has 0 aliphatic carbocycles. The van der Waals surface area contributed by atoms with Crippen LogP contribution < -0.4 is 5.32 Å². The molecule has 0 atom stereocenters. The Morgan fingerprint density at radius 3 is 2.75 bits per heavy atom. The third-order valence-electron chi connectivity index (χ3n) is 5.56. The molecule has 2 N–H and O–H groups in total. The Hall–Kier alpha value is -2.18. The minimum absolute atomic E-state index is 0.101. The van der Waals surface area contributed by atoms with Crippen LogP contribution >= 0.6 is 15.9 Å². The summed E-state index contributed by atoms with van der Waals surface area (Å²) in [5.41, 5.74) is 2.74. The van der Waals surface area contributed by atoms with Crippen LogP contribution in [0.25, 0.3) is 10.9 Å². The summed E-state index contributed by atoms with van der Waals surface area (Å²) in [5, 5.41) is 11.1. The molecule has 6 heteroatoms. The van der Waals surface area contributed by atoms with E-state index >= 15 is 0 Å². The van der Waals surface area contributed by atoms with Gasteiger partial charge in [-0.3, -0.25) is 9.89 Å². The largest absolute Gasteiger partial charge is 0.350 e. The van der Waals surface area contributed by atoms with Crippen molar-refractivity contribution in [1.82, 2.24) is 20.4 Å². The molecule has 2 heterocycles. The first-order valence-corrected chi connectivity index (χ1v) is 10.7. The molecule has 0 saturated carbocycles. The van der Waals surface area contributed by atoms with Gasteiger partial charge in [-0.2, -0.15) is 5.10 Å². The molecule has 1 amide bonds. The van der Waals surface area contributed by atoms with Crippen molar-refractivity contribution in [3.8, 4) is 0 Å². The van der Waals surface area contributed by atoms with Crippen LogP contribution in [-0.4, -0.2) is 47.2 Å². The number of amides is 1. The monoisotopic (exact) mass is 440 g/mol. The van der Waals surface area contributed by atoms with Crippen LogP contribution in [-0.2, 0) is 6.42 Å². The Morgan fingerprint density at radius 2 is 1.96 bits per heavy atom. The molecular weight excluding hydrogens is 416 g/mol. The molecule has 0 spiro atoms. The van der Waals surface area contributed by atoms with E-state index in [9.17, 15) is 4.79 Å². The first-order valence-electron chi connectivity index (χ1n) is 9.87. The molecular formula is C22H25BrN4O. The van der Waals surface area contributed by atoms with Crippen molar-refractivity contribution in [2.45, 2.75) is 19.3 Å². The van der Waals surface area contributed by atoms with Crippen molar-refractivity contribution in [3.63, 3.8) is 0 Å². The van der Waals surface area contributed by atoms with Crippen molar-refractivity contribution in [2.75, 3.05) is 26.2 Å². The number of carbonyl (C=O) groups excluding carboxylic acids is 1. The third kappa shape index (κ3) is 4.62. The van der Waals surface area contributed by atoms with E-state index in [-0.39, 0.29) is 5.91 Å². The summed E-state index contributed by atoms with van der Waals surface area (Å²) in [5.74, 6) is 0.435. The Bertz CT molecular complexity index is 932. The van der Waals surface area contributed by atoms with E-state index in [1.807, 2.05) is 18.2 Å². The SMILES string of the molecule is O=C(NCC1CCN(CCc2ccccc2)CC1)c1n[nH]c2ccc(Br)cc12. The highest BCUT2D eigenvalue weighted by molar-refractivity contribution is 9.10. The zero-order valence-corrected chi connectivity index (χ0v) is 17.4. The van der Waals surface area contributed by atoms with Crippen LogP contribution in [0.5, 0.6) is 0 Å². The van der Waals surface area contributed by atoms with Gasteiger partial charge in [0.15, 0.2) is 5.69 Å². The van der Waals surface area contributed by atoms with E-state index < -0.39 is 0 Å². The molecule has 0 unspecified atom stereocenters. The van der Waals surface area contributed by atoms with Gasteiger partial charge in [-0.25, -0.2) is 0 Å². The van der Waals surface area contributed by atoms with E-state index in [1.54, 1.807) is 0 Å². The average molecular weight is 441 g/mol. The van der Waals surface area contributed by atoms with Crippen molar-refractivity contribution >= 4 is 32.7 Å². The second kappa shape index (κ2) is 8.88. The lowest BCUT2D eigenvalue weighted by Crippen LogP contribution is -2.39. The number of aromatic amines is 1. The highest BCUT2D eigenvalue weighted by Crippen LogP contribution is 2.21. The van der Waals surface area contributed by atoms with Crippen LogP contribution in [0.2, 0.25) is 0 Å². The van der Waals surface area contributed by atoms with Gasteiger partial charge < -0.3 is 10.2 Å². The fourth-order valence-corrected chi connectivity index (χ4v) is 4.19. The zero-order valence-electron chi connectivity index (χ0n) is 15.8.